The Labute approximate surface area is 89.0 Å². The second-order valence-electron chi connectivity index (χ2n) is 4.50. The molecule has 5 nitrogen and oxygen atoms in total. The van der Waals surface area contributed by atoms with Crippen molar-refractivity contribution in [2.75, 3.05) is 6.61 Å². The first-order valence-electron chi connectivity index (χ1n) is 4.79. The Kier molecular flexibility index (Phi) is 3.26. The molecule has 5 heteroatoms. The SMILES string of the molecule is CC(C)(C)c1ncc(O)c(C(N)CO)n1. The predicted molar refractivity (Wildman–Crippen MR) is 56.4 cm³/mol. The van der Waals surface area contributed by atoms with Crippen LogP contribution in [0.4, 0.5) is 0 Å². The first-order valence-corrected chi connectivity index (χ1v) is 4.79. The van der Waals surface area contributed by atoms with Crippen LogP contribution in [0.25, 0.3) is 0 Å². The number of aromatic hydroxyl groups is 1. The molecule has 0 saturated carbocycles. The first-order chi connectivity index (χ1) is 6.86. The molecule has 0 aromatic carbocycles. The summed E-state index contributed by atoms with van der Waals surface area (Å²) in [6.45, 7) is 5.64. The Balaban J connectivity index is 3.17. The van der Waals surface area contributed by atoms with Gasteiger partial charge in [-0.3, -0.25) is 0 Å². The van der Waals surface area contributed by atoms with E-state index in [0.717, 1.165) is 0 Å². The molecule has 0 spiro atoms. The minimum atomic E-state index is -0.672. The average molecular weight is 211 g/mol. The fourth-order valence-corrected chi connectivity index (χ4v) is 1.11. The van der Waals surface area contributed by atoms with Gasteiger partial charge in [0.2, 0.25) is 0 Å². The van der Waals surface area contributed by atoms with Gasteiger partial charge < -0.3 is 15.9 Å². The Morgan fingerprint density at radius 2 is 2.07 bits per heavy atom. The summed E-state index contributed by atoms with van der Waals surface area (Å²) >= 11 is 0. The van der Waals surface area contributed by atoms with Crippen LogP contribution in [-0.4, -0.2) is 26.8 Å². The minimum Gasteiger partial charge on any atom is -0.504 e. The van der Waals surface area contributed by atoms with Crippen LogP contribution < -0.4 is 5.73 Å². The molecule has 0 aliphatic rings. The molecular formula is C10H17N3O2. The van der Waals surface area contributed by atoms with Crippen molar-refractivity contribution in [3.05, 3.63) is 17.7 Å². The fraction of sp³-hybridized carbons (Fsp3) is 0.600. The van der Waals surface area contributed by atoms with E-state index in [9.17, 15) is 5.11 Å². The summed E-state index contributed by atoms with van der Waals surface area (Å²) in [6.07, 6.45) is 1.32. The van der Waals surface area contributed by atoms with Crippen LogP contribution in [0, 0.1) is 0 Å². The third-order valence-corrected chi connectivity index (χ3v) is 2.02. The lowest BCUT2D eigenvalue weighted by molar-refractivity contribution is 0.262. The van der Waals surface area contributed by atoms with Gasteiger partial charge in [-0.25, -0.2) is 9.97 Å². The fourth-order valence-electron chi connectivity index (χ4n) is 1.11. The number of aliphatic hydroxyl groups excluding tert-OH is 1. The molecule has 1 unspecified atom stereocenters. The number of nitrogens with zero attached hydrogens (tertiary/aromatic N) is 2. The molecule has 0 fully saturated rings. The van der Waals surface area contributed by atoms with Gasteiger partial charge in [-0.1, -0.05) is 20.8 Å². The summed E-state index contributed by atoms with van der Waals surface area (Å²) in [4.78, 5) is 8.20. The number of hydrogen-bond acceptors (Lipinski definition) is 5. The van der Waals surface area contributed by atoms with Gasteiger partial charge >= 0.3 is 0 Å². The summed E-state index contributed by atoms with van der Waals surface area (Å²) < 4.78 is 0. The number of aromatic nitrogens is 2. The summed E-state index contributed by atoms with van der Waals surface area (Å²) in [6, 6.07) is -0.672. The summed E-state index contributed by atoms with van der Waals surface area (Å²) in [5.41, 5.74) is 5.69. The van der Waals surface area contributed by atoms with Crippen molar-refractivity contribution in [2.45, 2.75) is 32.2 Å². The molecule has 1 rings (SSSR count). The molecule has 15 heavy (non-hydrogen) atoms. The maximum absolute atomic E-state index is 9.49. The molecule has 4 N–H and O–H groups in total. The zero-order valence-corrected chi connectivity index (χ0v) is 9.23. The molecule has 1 aromatic rings. The van der Waals surface area contributed by atoms with E-state index >= 15 is 0 Å². The van der Waals surface area contributed by atoms with Crippen LogP contribution in [-0.2, 0) is 5.41 Å². The quantitative estimate of drug-likeness (QED) is 0.661. The molecule has 84 valence electrons. The minimum absolute atomic E-state index is 0.0791. The molecule has 0 saturated heterocycles. The molecule has 0 bridgehead atoms. The lowest BCUT2D eigenvalue weighted by Crippen LogP contribution is -2.21. The Morgan fingerprint density at radius 3 is 2.53 bits per heavy atom. The molecule has 0 aliphatic carbocycles. The van der Waals surface area contributed by atoms with E-state index in [1.807, 2.05) is 20.8 Å². The van der Waals surface area contributed by atoms with Gasteiger partial charge in [-0.15, -0.1) is 0 Å². The maximum Gasteiger partial charge on any atom is 0.157 e. The van der Waals surface area contributed by atoms with E-state index in [0.29, 0.717) is 5.82 Å². The van der Waals surface area contributed by atoms with Crippen molar-refractivity contribution < 1.29 is 10.2 Å². The monoisotopic (exact) mass is 211 g/mol. The van der Waals surface area contributed by atoms with Crippen molar-refractivity contribution in [3.63, 3.8) is 0 Å². The molecule has 0 radical (unpaired) electrons. The number of rotatable bonds is 2. The highest BCUT2D eigenvalue weighted by Gasteiger charge is 2.21. The maximum atomic E-state index is 9.49. The van der Waals surface area contributed by atoms with E-state index in [1.165, 1.54) is 6.20 Å². The van der Waals surface area contributed by atoms with Crippen LogP contribution in [0.2, 0.25) is 0 Å². The summed E-state index contributed by atoms with van der Waals surface area (Å²) in [5.74, 6) is 0.517. The van der Waals surface area contributed by atoms with Gasteiger partial charge in [0.15, 0.2) is 5.75 Å². The molecule has 1 aromatic heterocycles. The van der Waals surface area contributed by atoms with Crippen LogP contribution in [0.1, 0.15) is 38.3 Å². The van der Waals surface area contributed by atoms with Gasteiger partial charge in [0.05, 0.1) is 18.8 Å². The van der Waals surface area contributed by atoms with Crippen molar-refractivity contribution >= 4 is 0 Å². The van der Waals surface area contributed by atoms with E-state index in [4.69, 9.17) is 10.8 Å². The second-order valence-corrected chi connectivity index (χ2v) is 4.50. The van der Waals surface area contributed by atoms with Gasteiger partial charge in [0, 0.05) is 5.41 Å². The number of nitrogens with two attached hydrogens (primary N) is 1. The third kappa shape index (κ3) is 2.64. The third-order valence-electron chi connectivity index (χ3n) is 2.02. The highest BCUT2D eigenvalue weighted by atomic mass is 16.3. The zero-order valence-electron chi connectivity index (χ0n) is 9.23. The van der Waals surface area contributed by atoms with Crippen LogP contribution in [0.5, 0.6) is 5.75 Å². The Hall–Kier alpha value is -1.20. The van der Waals surface area contributed by atoms with Crippen molar-refractivity contribution in [2.24, 2.45) is 5.73 Å². The summed E-state index contributed by atoms with van der Waals surface area (Å²) in [5, 5.41) is 18.4. The van der Waals surface area contributed by atoms with Gasteiger partial charge in [0.1, 0.15) is 11.5 Å². The van der Waals surface area contributed by atoms with Crippen molar-refractivity contribution in [1.29, 1.82) is 0 Å². The van der Waals surface area contributed by atoms with Crippen molar-refractivity contribution in [3.8, 4) is 5.75 Å². The zero-order chi connectivity index (χ0) is 11.6. The molecule has 1 heterocycles. The van der Waals surface area contributed by atoms with Gasteiger partial charge in [-0.05, 0) is 0 Å². The van der Waals surface area contributed by atoms with Gasteiger partial charge in [-0.2, -0.15) is 0 Å². The smallest absolute Gasteiger partial charge is 0.157 e. The van der Waals surface area contributed by atoms with Crippen molar-refractivity contribution in [1.82, 2.24) is 9.97 Å². The largest absolute Gasteiger partial charge is 0.504 e. The van der Waals surface area contributed by atoms with Crippen LogP contribution in [0.3, 0.4) is 0 Å². The van der Waals surface area contributed by atoms with E-state index < -0.39 is 6.04 Å². The Morgan fingerprint density at radius 1 is 1.47 bits per heavy atom. The molecular weight excluding hydrogens is 194 g/mol. The molecule has 0 amide bonds. The lowest BCUT2D eigenvalue weighted by atomic mass is 9.95. The van der Waals surface area contributed by atoms with Crippen LogP contribution in [0.15, 0.2) is 6.20 Å². The number of aliphatic hydroxyl groups is 1. The molecule has 0 aliphatic heterocycles. The van der Waals surface area contributed by atoms with Crippen LogP contribution >= 0.6 is 0 Å². The highest BCUT2D eigenvalue weighted by Crippen LogP contribution is 2.24. The standard InChI is InChI=1S/C10H17N3O2/c1-10(2,3)9-12-4-7(15)8(13-9)6(11)5-14/h4,6,14-15H,5,11H2,1-3H3. The van der Waals surface area contributed by atoms with Gasteiger partial charge in [0.25, 0.3) is 0 Å². The number of hydrogen-bond donors (Lipinski definition) is 3. The topological polar surface area (TPSA) is 92.3 Å². The predicted octanol–water partition coefficient (Wildman–Crippen LogP) is 0.472. The average Bonchev–Trinajstić information content (AvgIpc) is 2.15. The Bertz CT molecular complexity index is 347. The van der Waals surface area contributed by atoms with E-state index in [-0.39, 0.29) is 23.5 Å². The van der Waals surface area contributed by atoms with E-state index in [1.54, 1.807) is 0 Å². The van der Waals surface area contributed by atoms with E-state index in [2.05, 4.69) is 9.97 Å². The highest BCUT2D eigenvalue weighted by molar-refractivity contribution is 5.27. The summed E-state index contributed by atoms with van der Waals surface area (Å²) in [7, 11) is 0. The normalized spacial score (nSPS) is 13.9. The second kappa shape index (κ2) is 4.12. The lowest BCUT2D eigenvalue weighted by Gasteiger charge is -2.18. The first kappa shape index (κ1) is 11.9. The molecule has 1 atom stereocenters.